The first-order valence-corrected chi connectivity index (χ1v) is 8.92. The van der Waals surface area contributed by atoms with Gasteiger partial charge in [0.1, 0.15) is 6.17 Å². The molecule has 0 aromatic rings. The van der Waals surface area contributed by atoms with Crippen molar-refractivity contribution in [2.45, 2.75) is 44.9 Å². The Labute approximate surface area is 123 Å². The lowest BCUT2D eigenvalue weighted by Crippen LogP contribution is -2.73. The van der Waals surface area contributed by atoms with Gasteiger partial charge in [0, 0.05) is 32.7 Å². The van der Waals surface area contributed by atoms with Crippen molar-refractivity contribution in [3.8, 4) is 0 Å². The number of quaternary nitrogens is 1. The van der Waals surface area contributed by atoms with E-state index < -0.39 is 0 Å². The van der Waals surface area contributed by atoms with Crippen LogP contribution >= 0.6 is 0 Å². The fraction of sp³-hybridized carbons (Fsp3) is 1.00. The summed E-state index contributed by atoms with van der Waals surface area (Å²) in [6.07, 6.45) is 7.25. The topological polar surface area (TPSA) is 9.72 Å². The summed E-state index contributed by atoms with van der Waals surface area (Å²) >= 11 is 0. The zero-order valence-electron chi connectivity index (χ0n) is 13.1. The number of rotatable bonds is 5. The number of hydrogen-bond donors (Lipinski definition) is 0. The molecule has 4 saturated heterocycles. The van der Waals surface area contributed by atoms with E-state index in [-0.39, 0.29) is 0 Å². The molecule has 114 valence electrons. The first kappa shape index (κ1) is 13.5. The number of unbranched alkanes of at least 4 members (excludes halogenated alkanes) is 3. The second-order valence-electron chi connectivity index (χ2n) is 7.39. The summed E-state index contributed by atoms with van der Waals surface area (Å²) in [5, 5.41) is 0. The Balaban J connectivity index is 1.51. The minimum Gasteiger partial charge on any atom is -0.304 e. The van der Waals surface area contributed by atoms with Crippen molar-refractivity contribution in [1.29, 1.82) is 0 Å². The van der Waals surface area contributed by atoms with Crippen molar-refractivity contribution in [3.63, 3.8) is 0 Å². The monoisotopic (exact) mass is 279 g/mol. The van der Waals surface area contributed by atoms with Crippen LogP contribution in [0.4, 0.5) is 0 Å². The van der Waals surface area contributed by atoms with E-state index in [1.165, 1.54) is 89.1 Å². The molecule has 4 heteroatoms. The molecular formula is C16H31N4+. The van der Waals surface area contributed by atoms with Crippen molar-refractivity contribution in [2.75, 3.05) is 58.9 Å². The lowest BCUT2D eigenvalue weighted by molar-refractivity contribution is -0.954. The van der Waals surface area contributed by atoms with Gasteiger partial charge in [0.05, 0.1) is 26.2 Å². The molecule has 4 fully saturated rings. The number of hydrogen-bond acceptors (Lipinski definition) is 3. The van der Waals surface area contributed by atoms with Crippen LogP contribution in [-0.4, -0.2) is 90.4 Å². The molecule has 0 aromatic heterocycles. The summed E-state index contributed by atoms with van der Waals surface area (Å²) in [7, 11) is 0. The van der Waals surface area contributed by atoms with Crippen molar-refractivity contribution in [2.24, 2.45) is 0 Å². The van der Waals surface area contributed by atoms with Gasteiger partial charge in [0.15, 0.2) is 6.17 Å². The van der Waals surface area contributed by atoms with E-state index in [4.69, 9.17) is 0 Å². The van der Waals surface area contributed by atoms with Crippen LogP contribution in [0.15, 0.2) is 0 Å². The smallest absolute Gasteiger partial charge is 0.175 e. The minimum atomic E-state index is 0.756. The molecule has 4 aliphatic heterocycles. The van der Waals surface area contributed by atoms with Crippen LogP contribution in [0.2, 0.25) is 0 Å². The maximum absolute atomic E-state index is 2.83. The molecule has 0 aromatic carbocycles. The summed E-state index contributed by atoms with van der Waals surface area (Å²) in [5.74, 6) is 0. The zero-order chi connectivity index (χ0) is 13.6. The molecule has 4 aliphatic rings. The standard InChI is InChI=1S/C16H31N4/c1-2-3-4-5-12-20-13-10-18-7-6-17-8-9-19(11-14-20)16(20)15(17)18/h15-16H,2-14H2,1H3/q+1. The molecule has 0 N–H and O–H groups in total. The molecular weight excluding hydrogens is 248 g/mol. The van der Waals surface area contributed by atoms with Crippen LogP contribution in [0.5, 0.6) is 0 Å². The second-order valence-corrected chi connectivity index (χ2v) is 7.39. The molecule has 0 amide bonds. The molecule has 0 spiro atoms. The van der Waals surface area contributed by atoms with Crippen LogP contribution in [-0.2, 0) is 0 Å². The lowest BCUT2D eigenvalue weighted by atomic mass is 10.1. The maximum Gasteiger partial charge on any atom is 0.175 e. The molecule has 4 heterocycles. The minimum absolute atomic E-state index is 0.756. The SMILES string of the molecule is CCCCCC[N+]12CCN3CCN4CCN(CC1)C2C43. The van der Waals surface area contributed by atoms with Crippen LogP contribution in [0, 0.1) is 0 Å². The van der Waals surface area contributed by atoms with Crippen LogP contribution in [0.3, 0.4) is 0 Å². The highest BCUT2D eigenvalue weighted by molar-refractivity contribution is 4.97. The van der Waals surface area contributed by atoms with Gasteiger partial charge in [0.25, 0.3) is 0 Å². The summed E-state index contributed by atoms with van der Waals surface area (Å²) in [4.78, 5) is 8.40. The molecule has 4 rings (SSSR count). The summed E-state index contributed by atoms with van der Waals surface area (Å²) in [6.45, 7) is 14.6. The Morgan fingerprint density at radius 3 is 2.20 bits per heavy atom. The van der Waals surface area contributed by atoms with Gasteiger partial charge >= 0.3 is 0 Å². The van der Waals surface area contributed by atoms with Gasteiger partial charge in [-0.05, 0) is 12.8 Å². The summed E-state index contributed by atoms with van der Waals surface area (Å²) in [6, 6.07) is 0. The fourth-order valence-electron chi connectivity index (χ4n) is 5.31. The van der Waals surface area contributed by atoms with Crippen molar-refractivity contribution < 1.29 is 4.48 Å². The zero-order valence-corrected chi connectivity index (χ0v) is 13.1. The third-order valence-electron chi connectivity index (χ3n) is 6.42. The predicted molar refractivity (Wildman–Crippen MR) is 81.3 cm³/mol. The van der Waals surface area contributed by atoms with Crippen molar-refractivity contribution in [1.82, 2.24) is 14.7 Å². The van der Waals surface area contributed by atoms with Gasteiger partial charge < -0.3 is 4.48 Å². The Bertz CT molecular complexity index is 354. The Kier molecular flexibility index (Phi) is 3.53. The quantitative estimate of drug-likeness (QED) is 0.549. The Hall–Kier alpha value is -0.160. The van der Waals surface area contributed by atoms with Crippen LogP contribution < -0.4 is 0 Å². The van der Waals surface area contributed by atoms with E-state index in [0.717, 1.165) is 12.3 Å². The fourth-order valence-corrected chi connectivity index (χ4v) is 5.31. The number of nitrogens with zero attached hydrogens (tertiary/aromatic N) is 4. The highest BCUT2D eigenvalue weighted by atomic mass is 15.6. The van der Waals surface area contributed by atoms with Gasteiger partial charge in [-0.1, -0.05) is 19.8 Å². The van der Waals surface area contributed by atoms with Crippen molar-refractivity contribution in [3.05, 3.63) is 0 Å². The largest absolute Gasteiger partial charge is 0.304 e. The first-order valence-electron chi connectivity index (χ1n) is 8.92. The Morgan fingerprint density at radius 1 is 0.800 bits per heavy atom. The van der Waals surface area contributed by atoms with E-state index in [2.05, 4.69) is 21.6 Å². The molecule has 0 saturated carbocycles. The lowest BCUT2D eigenvalue weighted by Gasteiger charge is -2.54. The van der Waals surface area contributed by atoms with Gasteiger partial charge in [-0.3, -0.25) is 9.80 Å². The normalized spacial score (nSPS) is 41.2. The van der Waals surface area contributed by atoms with E-state index in [9.17, 15) is 0 Å². The van der Waals surface area contributed by atoms with E-state index in [1.54, 1.807) is 0 Å². The molecule has 0 bridgehead atoms. The van der Waals surface area contributed by atoms with Crippen molar-refractivity contribution >= 4 is 0 Å². The van der Waals surface area contributed by atoms with E-state index in [1.807, 2.05) is 0 Å². The second kappa shape index (κ2) is 5.24. The molecule has 4 nitrogen and oxygen atoms in total. The maximum atomic E-state index is 2.83. The van der Waals surface area contributed by atoms with Gasteiger partial charge in [-0.2, -0.15) is 0 Å². The highest BCUT2D eigenvalue weighted by Gasteiger charge is 2.59. The molecule has 0 radical (unpaired) electrons. The number of piperazine rings is 2. The molecule has 3 unspecified atom stereocenters. The average Bonchev–Trinajstić information content (AvgIpc) is 3.04. The molecule has 0 aliphatic carbocycles. The Morgan fingerprint density at radius 2 is 1.45 bits per heavy atom. The average molecular weight is 279 g/mol. The third kappa shape index (κ3) is 1.96. The summed E-state index contributed by atoms with van der Waals surface area (Å²) < 4.78 is 1.43. The summed E-state index contributed by atoms with van der Waals surface area (Å²) in [5.41, 5.74) is 0. The molecule has 3 atom stereocenters. The van der Waals surface area contributed by atoms with E-state index >= 15 is 0 Å². The highest BCUT2D eigenvalue weighted by Crippen LogP contribution is 2.39. The van der Waals surface area contributed by atoms with Crippen LogP contribution in [0.25, 0.3) is 0 Å². The van der Waals surface area contributed by atoms with Gasteiger partial charge in [0.2, 0.25) is 0 Å². The van der Waals surface area contributed by atoms with Gasteiger partial charge in [-0.25, -0.2) is 4.90 Å². The van der Waals surface area contributed by atoms with E-state index in [0.29, 0.717) is 0 Å². The molecule has 20 heavy (non-hydrogen) atoms. The first-order chi connectivity index (χ1) is 9.84. The van der Waals surface area contributed by atoms with Crippen LogP contribution in [0.1, 0.15) is 32.6 Å². The third-order valence-corrected chi connectivity index (χ3v) is 6.42. The van der Waals surface area contributed by atoms with Gasteiger partial charge in [-0.15, -0.1) is 0 Å². The predicted octanol–water partition coefficient (Wildman–Crippen LogP) is 0.996.